The Labute approximate surface area is 147 Å². The lowest BCUT2D eigenvalue weighted by atomic mass is 10.1. The van der Waals surface area contributed by atoms with E-state index in [0.29, 0.717) is 29.4 Å². The third-order valence-electron chi connectivity index (χ3n) is 4.86. The molecule has 1 aromatic carbocycles. The summed E-state index contributed by atoms with van der Waals surface area (Å²) in [4.78, 5) is 8.97. The molecule has 1 fully saturated rings. The fourth-order valence-electron chi connectivity index (χ4n) is 3.15. The molecule has 1 aliphatic heterocycles. The van der Waals surface area contributed by atoms with E-state index in [9.17, 15) is 9.50 Å². The lowest BCUT2D eigenvalue weighted by Crippen LogP contribution is -2.50. The Morgan fingerprint density at radius 3 is 2.68 bits per heavy atom. The summed E-state index contributed by atoms with van der Waals surface area (Å²) in [6.45, 7) is 8.25. The van der Waals surface area contributed by atoms with Gasteiger partial charge in [-0.1, -0.05) is 24.2 Å². The van der Waals surface area contributed by atoms with Crippen LogP contribution in [0, 0.1) is 12.7 Å². The maximum absolute atomic E-state index is 13.7. The first-order chi connectivity index (χ1) is 12.1. The van der Waals surface area contributed by atoms with Crippen molar-refractivity contribution in [2.75, 3.05) is 32.8 Å². The molecule has 0 radical (unpaired) electrons. The molecule has 0 spiro atoms. The van der Waals surface area contributed by atoms with Gasteiger partial charge in [-0.3, -0.25) is 9.80 Å². The second kappa shape index (κ2) is 8.03. The average molecular weight is 348 g/mol. The summed E-state index contributed by atoms with van der Waals surface area (Å²) in [6.07, 6.45) is 0.955. The van der Waals surface area contributed by atoms with Crippen LogP contribution in [0.2, 0.25) is 0 Å². The number of nitrogens with zero attached hydrogens (tertiary/aromatic N) is 4. The van der Waals surface area contributed by atoms with Crippen molar-refractivity contribution in [3.05, 3.63) is 35.5 Å². The van der Waals surface area contributed by atoms with E-state index in [1.54, 1.807) is 19.1 Å². The van der Waals surface area contributed by atoms with Crippen LogP contribution in [0.3, 0.4) is 0 Å². The van der Waals surface area contributed by atoms with E-state index in [4.69, 9.17) is 4.52 Å². The summed E-state index contributed by atoms with van der Waals surface area (Å²) in [5.41, 5.74) is 1.22. The number of aliphatic hydroxyl groups excluding tert-OH is 1. The number of aryl methyl sites for hydroxylation is 1. The second-order valence-corrected chi connectivity index (χ2v) is 6.53. The van der Waals surface area contributed by atoms with Crippen LogP contribution in [0.4, 0.5) is 4.39 Å². The van der Waals surface area contributed by atoms with Crippen molar-refractivity contribution < 1.29 is 14.0 Å². The number of aromatic nitrogens is 2. The molecule has 7 heteroatoms. The molecule has 1 atom stereocenters. The van der Waals surface area contributed by atoms with Crippen LogP contribution in [0.1, 0.15) is 24.8 Å². The molecule has 25 heavy (non-hydrogen) atoms. The number of benzene rings is 1. The molecule has 1 aromatic heterocycles. The van der Waals surface area contributed by atoms with Crippen LogP contribution in [0.25, 0.3) is 11.4 Å². The predicted molar refractivity (Wildman–Crippen MR) is 92.4 cm³/mol. The van der Waals surface area contributed by atoms with Gasteiger partial charge in [0.05, 0.1) is 13.2 Å². The van der Waals surface area contributed by atoms with Crippen LogP contribution in [0.5, 0.6) is 0 Å². The number of piperazine rings is 1. The summed E-state index contributed by atoms with van der Waals surface area (Å²) in [6, 6.07) is 5.19. The van der Waals surface area contributed by atoms with Gasteiger partial charge in [0.25, 0.3) is 0 Å². The van der Waals surface area contributed by atoms with Gasteiger partial charge in [0.1, 0.15) is 5.82 Å². The van der Waals surface area contributed by atoms with E-state index in [-0.39, 0.29) is 18.5 Å². The second-order valence-electron chi connectivity index (χ2n) is 6.53. The van der Waals surface area contributed by atoms with Gasteiger partial charge in [-0.2, -0.15) is 4.98 Å². The highest BCUT2D eigenvalue weighted by molar-refractivity contribution is 5.54. The van der Waals surface area contributed by atoms with E-state index < -0.39 is 0 Å². The molecule has 2 aromatic rings. The number of aliphatic hydroxyl groups is 1. The zero-order chi connectivity index (χ0) is 17.8. The Bertz CT molecular complexity index is 694. The zero-order valence-corrected chi connectivity index (χ0v) is 14.8. The van der Waals surface area contributed by atoms with Gasteiger partial charge in [-0.05, 0) is 25.0 Å². The zero-order valence-electron chi connectivity index (χ0n) is 14.8. The first kappa shape index (κ1) is 18.0. The normalized spacial score (nSPS) is 17.8. The van der Waals surface area contributed by atoms with Crippen molar-refractivity contribution in [2.24, 2.45) is 0 Å². The van der Waals surface area contributed by atoms with E-state index in [1.165, 1.54) is 6.07 Å². The van der Waals surface area contributed by atoms with Gasteiger partial charge in [-0.15, -0.1) is 0 Å². The SMILES string of the molecule is CCC(CO)N1CCN(Cc2nc(-c3ccc(C)c(F)c3)no2)CC1. The summed E-state index contributed by atoms with van der Waals surface area (Å²) >= 11 is 0. The quantitative estimate of drug-likeness (QED) is 0.862. The van der Waals surface area contributed by atoms with Gasteiger partial charge in [0, 0.05) is 37.8 Å². The number of halogens is 1. The molecule has 0 saturated carbocycles. The molecule has 1 N–H and O–H groups in total. The van der Waals surface area contributed by atoms with E-state index in [0.717, 1.165) is 32.6 Å². The van der Waals surface area contributed by atoms with Crippen molar-refractivity contribution in [3.63, 3.8) is 0 Å². The Hall–Kier alpha value is -1.83. The molecule has 1 aliphatic rings. The molecule has 136 valence electrons. The molecular formula is C18H25FN4O2. The van der Waals surface area contributed by atoms with Gasteiger partial charge in [0.2, 0.25) is 11.7 Å². The highest BCUT2D eigenvalue weighted by Gasteiger charge is 2.23. The molecule has 6 nitrogen and oxygen atoms in total. The Kier molecular flexibility index (Phi) is 5.78. The van der Waals surface area contributed by atoms with Gasteiger partial charge < -0.3 is 9.63 Å². The maximum Gasteiger partial charge on any atom is 0.241 e. The maximum atomic E-state index is 13.7. The topological polar surface area (TPSA) is 65.6 Å². The van der Waals surface area contributed by atoms with Gasteiger partial charge >= 0.3 is 0 Å². The fraction of sp³-hybridized carbons (Fsp3) is 0.556. The van der Waals surface area contributed by atoms with E-state index >= 15 is 0 Å². The number of hydrogen-bond acceptors (Lipinski definition) is 6. The standard InChI is InChI=1S/C18H25FN4O2/c1-3-15(12-24)23-8-6-22(7-9-23)11-17-20-18(21-25-17)14-5-4-13(2)16(19)10-14/h4-5,10,15,24H,3,6-9,11-12H2,1-2H3. The Morgan fingerprint density at radius 1 is 1.28 bits per heavy atom. The largest absolute Gasteiger partial charge is 0.395 e. The average Bonchev–Trinajstić information content (AvgIpc) is 3.08. The van der Waals surface area contributed by atoms with E-state index in [1.807, 2.05) is 0 Å². The summed E-state index contributed by atoms with van der Waals surface area (Å²) in [5, 5.41) is 13.4. The minimum Gasteiger partial charge on any atom is -0.395 e. The first-order valence-corrected chi connectivity index (χ1v) is 8.77. The lowest BCUT2D eigenvalue weighted by Gasteiger charge is -2.37. The number of hydrogen-bond donors (Lipinski definition) is 1. The van der Waals surface area contributed by atoms with Crippen LogP contribution in [0.15, 0.2) is 22.7 Å². The number of rotatable bonds is 6. The Morgan fingerprint density at radius 2 is 2.04 bits per heavy atom. The smallest absolute Gasteiger partial charge is 0.241 e. The molecule has 0 aliphatic carbocycles. The highest BCUT2D eigenvalue weighted by Crippen LogP contribution is 2.20. The predicted octanol–water partition coefficient (Wildman–Crippen LogP) is 2.07. The van der Waals surface area contributed by atoms with Crippen LogP contribution in [-0.4, -0.2) is 63.9 Å². The van der Waals surface area contributed by atoms with Crippen LogP contribution >= 0.6 is 0 Å². The molecule has 0 bridgehead atoms. The Balaban J connectivity index is 1.58. The summed E-state index contributed by atoms with van der Waals surface area (Å²) in [5.74, 6) is 0.687. The van der Waals surface area contributed by atoms with Crippen molar-refractivity contribution in [1.29, 1.82) is 0 Å². The minimum atomic E-state index is -0.269. The highest BCUT2D eigenvalue weighted by atomic mass is 19.1. The fourth-order valence-corrected chi connectivity index (χ4v) is 3.15. The third kappa shape index (κ3) is 4.23. The van der Waals surface area contributed by atoms with E-state index in [2.05, 4.69) is 26.9 Å². The van der Waals surface area contributed by atoms with Gasteiger partial charge in [-0.25, -0.2) is 4.39 Å². The molecule has 1 unspecified atom stereocenters. The van der Waals surface area contributed by atoms with Crippen LogP contribution < -0.4 is 0 Å². The first-order valence-electron chi connectivity index (χ1n) is 8.77. The molecular weight excluding hydrogens is 323 g/mol. The van der Waals surface area contributed by atoms with Crippen molar-refractivity contribution in [3.8, 4) is 11.4 Å². The van der Waals surface area contributed by atoms with Gasteiger partial charge in [0.15, 0.2) is 0 Å². The van der Waals surface area contributed by atoms with Crippen molar-refractivity contribution >= 4 is 0 Å². The lowest BCUT2D eigenvalue weighted by molar-refractivity contribution is 0.0568. The van der Waals surface area contributed by atoms with Crippen LogP contribution in [-0.2, 0) is 6.54 Å². The molecule has 0 amide bonds. The monoisotopic (exact) mass is 348 g/mol. The van der Waals surface area contributed by atoms with Crippen molar-refractivity contribution in [1.82, 2.24) is 19.9 Å². The molecule has 1 saturated heterocycles. The summed E-state index contributed by atoms with van der Waals surface area (Å²) in [7, 11) is 0. The molecule has 2 heterocycles. The minimum absolute atomic E-state index is 0.205. The van der Waals surface area contributed by atoms with Crippen molar-refractivity contribution in [2.45, 2.75) is 32.9 Å². The summed E-state index contributed by atoms with van der Waals surface area (Å²) < 4.78 is 19.0. The third-order valence-corrected chi connectivity index (χ3v) is 4.86. The molecule has 3 rings (SSSR count).